The highest BCUT2D eigenvalue weighted by molar-refractivity contribution is 5.77. The van der Waals surface area contributed by atoms with E-state index in [-0.39, 0.29) is 5.92 Å². The van der Waals surface area contributed by atoms with Crippen molar-refractivity contribution in [2.45, 2.75) is 52.9 Å². The molecule has 0 fully saturated rings. The van der Waals surface area contributed by atoms with E-state index in [1.807, 2.05) is 6.92 Å². The number of hydrogen-bond donors (Lipinski definition) is 0. The second kappa shape index (κ2) is 8.03. The Morgan fingerprint density at radius 1 is 1.31 bits per heavy atom. The maximum Gasteiger partial charge on any atom is 0.132 e. The van der Waals surface area contributed by atoms with Gasteiger partial charge in [-0.2, -0.15) is 0 Å². The summed E-state index contributed by atoms with van der Waals surface area (Å²) >= 11 is 0. The molecule has 13 heavy (non-hydrogen) atoms. The quantitative estimate of drug-likeness (QED) is 0.433. The predicted octanol–water partition coefficient (Wildman–Crippen LogP) is 3.74. The molecule has 1 heteroatoms. The normalized spacial score (nSPS) is 13.5. The molecule has 76 valence electrons. The summed E-state index contributed by atoms with van der Waals surface area (Å²) in [6.45, 7) is 5.86. The largest absolute Gasteiger partial charge is 0.300 e. The van der Waals surface area contributed by atoms with E-state index in [0.717, 1.165) is 6.42 Å². The van der Waals surface area contributed by atoms with E-state index in [0.29, 0.717) is 5.78 Å². The van der Waals surface area contributed by atoms with Gasteiger partial charge in [0.2, 0.25) is 0 Å². The highest BCUT2D eigenvalue weighted by atomic mass is 16.1. The van der Waals surface area contributed by atoms with Gasteiger partial charge in [0.1, 0.15) is 5.78 Å². The molecule has 0 aromatic rings. The van der Waals surface area contributed by atoms with E-state index in [1.54, 1.807) is 6.92 Å². The maximum absolute atomic E-state index is 10.9. The van der Waals surface area contributed by atoms with E-state index in [2.05, 4.69) is 19.1 Å². The van der Waals surface area contributed by atoms with Crippen LogP contribution in [0, 0.1) is 5.92 Å². The third kappa shape index (κ3) is 7.76. The molecule has 0 amide bonds. The first-order valence-corrected chi connectivity index (χ1v) is 5.34. The van der Waals surface area contributed by atoms with Gasteiger partial charge in [0.25, 0.3) is 0 Å². The Hall–Kier alpha value is -0.590. The minimum Gasteiger partial charge on any atom is -0.300 e. The van der Waals surface area contributed by atoms with Gasteiger partial charge in [-0.05, 0) is 26.2 Å². The average Bonchev–Trinajstić information content (AvgIpc) is 2.10. The molecule has 0 saturated carbocycles. The summed E-state index contributed by atoms with van der Waals surface area (Å²) in [5, 5.41) is 0. The zero-order valence-corrected chi connectivity index (χ0v) is 9.18. The second-order valence-electron chi connectivity index (χ2n) is 3.71. The fourth-order valence-electron chi connectivity index (χ4n) is 1.10. The summed E-state index contributed by atoms with van der Waals surface area (Å²) in [7, 11) is 0. The minimum absolute atomic E-state index is 0.197. The predicted molar refractivity (Wildman–Crippen MR) is 57.7 cm³/mol. The van der Waals surface area contributed by atoms with Crippen LogP contribution in [0.25, 0.3) is 0 Å². The molecule has 0 N–H and O–H groups in total. The van der Waals surface area contributed by atoms with Crippen LogP contribution in [0.2, 0.25) is 0 Å². The number of Topliss-reactive ketones (excluding diaryl/α,β-unsaturated/α-hetero) is 1. The summed E-state index contributed by atoms with van der Waals surface area (Å²) in [5.74, 6) is 0.487. The van der Waals surface area contributed by atoms with Gasteiger partial charge >= 0.3 is 0 Å². The first kappa shape index (κ1) is 12.4. The van der Waals surface area contributed by atoms with Crippen LogP contribution >= 0.6 is 0 Å². The van der Waals surface area contributed by atoms with Crippen LogP contribution in [0.15, 0.2) is 12.2 Å². The molecule has 0 aliphatic carbocycles. The Labute approximate surface area is 82.2 Å². The molecule has 0 bridgehead atoms. The van der Waals surface area contributed by atoms with Crippen molar-refractivity contribution in [3.05, 3.63) is 12.2 Å². The molecule has 0 rings (SSSR count). The van der Waals surface area contributed by atoms with Crippen LogP contribution in [0.1, 0.15) is 52.9 Å². The molecule has 1 nitrogen and oxygen atoms in total. The Morgan fingerprint density at radius 2 is 2.00 bits per heavy atom. The second-order valence-corrected chi connectivity index (χ2v) is 3.71. The van der Waals surface area contributed by atoms with Gasteiger partial charge in [-0.25, -0.2) is 0 Å². The van der Waals surface area contributed by atoms with E-state index < -0.39 is 0 Å². The fraction of sp³-hybridized carbons (Fsp3) is 0.750. The van der Waals surface area contributed by atoms with Crippen molar-refractivity contribution in [1.29, 1.82) is 0 Å². The molecule has 0 aliphatic heterocycles. The molecule has 0 aromatic carbocycles. The topological polar surface area (TPSA) is 17.1 Å². The van der Waals surface area contributed by atoms with Gasteiger partial charge in [0.05, 0.1) is 0 Å². The van der Waals surface area contributed by atoms with Gasteiger partial charge < -0.3 is 0 Å². The lowest BCUT2D eigenvalue weighted by Crippen LogP contribution is -2.03. The lowest BCUT2D eigenvalue weighted by Gasteiger charge is -2.01. The smallest absolute Gasteiger partial charge is 0.132 e. The summed E-state index contributed by atoms with van der Waals surface area (Å²) in [6.07, 6.45) is 10.3. The van der Waals surface area contributed by atoms with Crippen molar-refractivity contribution in [2.75, 3.05) is 0 Å². The van der Waals surface area contributed by atoms with Crippen LogP contribution in [-0.2, 0) is 4.79 Å². The number of carbonyl (C=O) groups excluding carboxylic acids is 1. The van der Waals surface area contributed by atoms with Crippen molar-refractivity contribution in [3.8, 4) is 0 Å². The summed E-state index contributed by atoms with van der Waals surface area (Å²) in [5.41, 5.74) is 0. The maximum atomic E-state index is 10.9. The first-order chi connectivity index (χ1) is 6.18. The van der Waals surface area contributed by atoms with Gasteiger partial charge in [-0.15, -0.1) is 0 Å². The minimum atomic E-state index is 0.197. The monoisotopic (exact) mass is 182 g/mol. The van der Waals surface area contributed by atoms with Crippen molar-refractivity contribution in [2.24, 2.45) is 5.92 Å². The molecule has 1 atom stereocenters. The molecule has 0 radical (unpaired) electrons. The summed E-state index contributed by atoms with van der Waals surface area (Å²) in [6, 6.07) is 0. The molecule has 0 aliphatic rings. The highest BCUT2D eigenvalue weighted by Crippen LogP contribution is 2.05. The lowest BCUT2D eigenvalue weighted by molar-refractivity contribution is -0.120. The molecule has 1 unspecified atom stereocenters. The van der Waals surface area contributed by atoms with Crippen LogP contribution in [0.4, 0.5) is 0 Å². The van der Waals surface area contributed by atoms with Crippen molar-refractivity contribution >= 4 is 5.78 Å². The average molecular weight is 182 g/mol. The number of ketones is 1. The van der Waals surface area contributed by atoms with Crippen LogP contribution in [0.3, 0.4) is 0 Å². The fourth-order valence-corrected chi connectivity index (χ4v) is 1.10. The number of carbonyl (C=O) groups is 1. The molecule has 0 heterocycles. The van der Waals surface area contributed by atoms with Gasteiger partial charge in [-0.3, -0.25) is 4.79 Å². The third-order valence-corrected chi connectivity index (χ3v) is 2.32. The number of rotatable bonds is 7. The molecule has 0 spiro atoms. The Bertz CT molecular complexity index is 159. The van der Waals surface area contributed by atoms with Crippen LogP contribution in [0.5, 0.6) is 0 Å². The number of unbranched alkanes of at least 4 members (excludes halogenated alkanes) is 3. The molecule has 0 saturated heterocycles. The number of allylic oxidation sites excluding steroid dienone is 2. The third-order valence-electron chi connectivity index (χ3n) is 2.32. The highest BCUT2D eigenvalue weighted by Gasteiger charge is 2.03. The molecular formula is C12H22O. The van der Waals surface area contributed by atoms with E-state index in [1.165, 1.54) is 25.7 Å². The zero-order chi connectivity index (χ0) is 10.1. The Balaban J connectivity index is 3.35. The van der Waals surface area contributed by atoms with E-state index in [9.17, 15) is 4.79 Å². The van der Waals surface area contributed by atoms with Gasteiger partial charge in [0, 0.05) is 5.92 Å². The SMILES string of the molecule is CCCCCC=CCC(C)C(C)=O. The first-order valence-electron chi connectivity index (χ1n) is 5.34. The van der Waals surface area contributed by atoms with Crippen molar-refractivity contribution in [1.82, 2.24) is 0 Å². The van der Waals surface area contributed by atoms with Crippen LogP contribution < -0.4 is 0 Å². The van der Waals surface area contributed by atoms with E-state index >= 15 is 0 Å². The van der Waals surface area contributed by atoms with Crippen LogP contribution in [-0.4, -0.2) is 5.78 Å². The standard InChI is InChI=1S/C12H22O/c1-4-5-6-7-8-9-10-11(2)12(3)13/h8-9,11H,4-7,10H2,1-3H3. The summed E-state index contributed by atoms with van der Waals surface area (Å²) < 4.78 is 0. The van der Waals surface area contributed by atoms with Gasteiger partial charge in [-0.1, -0.05) is 38.8 Å². The van der Waals surface area contributed by atoms with Gasteiger partial charge in [0.15, 0.2) is 0 Å². The molecule has 0 aromatic heterocycles. The Kier molecular flexibility index (Phi) is 7.66. The molecular weight excluding hydrogens is 160 g/mol. The van der Waals surface area contributed by atoms with Crippen molar-refractivity contribution < 1.29 is 4.79 Å². The zero-order valence-electron chi connectivity index (χ0n) is 9.18. The number of hydrogen-bond acceptors (Lipinski definition) is 1. The van der Waals surface area contributed by atoms with E-state index in [4.69, 9.17) is 0 Å². The van der Waals surface area contributed by atoms with Crippen molar-refractivity contribution in [3.63, 3.8) is 0 Å². The Morgan fingerprint density at radius 3 is 2.54 bits per heavy atom. The summed E-state index contributed by atoms with van der Waals surface area (Å²) in [4.78, 5) is 10.9. The lowest BCUT2D eigenvalue weighted by atomic mass is 10.0.